The van der Waals surface area contributed by atoms with Gasteiger partial charge in [0.2, 0.25) is 0 Å². The molecule has 0 aromatic heterocycles. The van der Waals surface area contributed by atoms with E-state index in [1.165, 1.54) is 29.2 Å². The Morgan fingerprint density at radius 3 is 2.40 bits per heavy atom. The Balaban J connectivity index is 0. The van der Waals surface area contributed by atoms with Crippen LogP contribution in [0.15, 0.2) is 36.4 Å². The fraction of sp³-hybridized carbons (Fsp3) is 0.250. The van der Waals surface area contributed by atoms with Gasteiger partial charge in [-0.1, -0.05) is 19.4 Å². The topological polar surface area (TPSA) is 0 Å². The van der Waals surface area contributed by atoms with Crippen LogP contribution in [0.3, 0.4) is 0 Å². The third-order valence-electron chi connectivity index (χ3n) is 2.22. The summed E-state index contributed by atoms with van der Waals surface area (Å²) >= 11 is 0. The molecule has 0 nitrogen and oxygen atoms in total. The molecule has 0 bridgehead atoms. The number of hydrogen-bond acceptors (Lipinski definition) is 0. The van der Waals surface area contributed by atoms with Crippen molar-refractivity contribution in [1.29, 1.82) is 0 Å². The SMILES string of the molecule is CCCc1cc2ccccc2[cH-]1.[Cl-].[Cl-].[Zr+3]. The number of benzene rings is 1. The van der Waals surface area contributed by atoms with Gasteiger partial charge < -0.3 is 24.8 Å². The normalized spacial score (nSPS) is 8.60. The second kappa shape index (κ2) is 8.45. The van der Waals surface area contributed by atoms with Crippen LogP contribution in [-0.2, 0) is 32.6 Å². The number of halogens is 2. The van der Waals surface area contributed by atoms with Crippen LogP contribution in [0.5, 0.6) is 0 Å². The maximum Gasteiger partial charge on any atom is 3.00 e. The first kappa shape index (κ1) is 17.7. The van der Waals surface area contributed by atoms with E-state index in [1.807, 2.05) is 0 Å². The molecule has 0 atom stereocenters. The summed E-state index contributed by atoms with van der Waals surface area (Å²) in [5, 5.41) is 2.75. The van der Waals surface area contributed by atoms with Crippen molar-refractivity contribution in [1.82, 2.24) is 0 Å². The molecule has 0 amide bonds. The van der Waals surface area contributed by atoms with Crippen molar-refractivity contribution in [2.45, 2.75) is 19.8 Å². The van der Waals surface area contributed by atoms with E-state index < -0.39 is 0 Å². The molecule has 0 N–H and O–H groups in total. The second-order valence-electron chi connectivity index (χ2n) is 3.24. The predicted octanol–water partition coefficient (Wildman–Crippen LogP) is -2.48. The minimum atomic E-state index is 0. The van der Waals surface area contributed by atoms with E-state index in [1.54, 1.807) is 0 Å². The Morgan fingerprint density at radius 1 is 1.13 bits per heavy atom. The largest absolute Gasteiger partial charge is 3.00 e. The van der Waals surface area contributed by atoms with E-state index in [2.05, 4.69) is 43.3 Å². The van der Waals surface area contributed by atoms with E-state index in [9.17, 15) is 0 Å². The van der Waals surface area contributed by atoms with Gasteiger partial charge in [-0.15, -0.1) is 40.6 Å². The monoisotopic (exact) mass is 317 g/mol. The van der Waals surface area contributed by atoms with Crippen molar-refractivity contribution >= 4 is 10.8 Å². The molecule has 0 unspecified atom stereocenters. The molecule has 15 heavy (non-hydrogen) atoms. The van der Waals surface area contributed by atoms with Crippen LogP contribution >= 0.6 is 0 Å². The molecule has 0 saturated heterocycles. The first-order valence-electron chi connectivity index (χ1n) is 4.54. The second-order valence-corrected chi connectivity index (χ2v) is 3.24. The predicted molar refractivity (Wildman–Crippen MR) is 53.5 cm³/mol. The molecule has 0 spiro atoms. The van der Waals surface area contributed by atoms with Gasteiger partial charge in [0, 0.05) is 0 Å². The van der Waals surface area contributed by atoms with Gasteiger partial charge in [-0.2, -0.15) is 6.07 Å². The quantitative estimate of drug-likeness (QED) is 0.538. The summed E-state index contributed by atoms with van der Waals surface area (Å²) in [4.78, 5) is 0. The molecular weight excluding hydrogens is 306 g/mol. The Hall–Kier alpha value is 0.293. The van der Waals surface area contributed by atoms with Crippen molar-refractivity contribution in [3.63, 3.8) is 0 Å². The summed E-state index contributed by atoms with van der Waals surface area (Å²) < 4.78 is 0. The molecule has 0 aliphatic carbocycles. The molecule has 2 aromatic rings. The van der Waals surface area contributed by atoms with E-state index in [0.717, 1.165) is 0 Å². The van der Waals surface area contributed by atoms with Gasteiger partial charge in [-0.25, -0.2) is 0 Å². The molecular formula is C12H13Cl2Zr. The maximum absolute atomic E-state index is 2.29. The molecule has 0 aliphatic rings. The smallest absolute Gasteiger partial charge is 1.00 e. The van der Waals surface area contributed by atoms with Crippen LogP contribution in [0.25, 0.3) is 10.8 Å². The van der Waals surface area contributed by atoms with Gasteiger partial charge in [-0.05, 0) is 6.42 Å². The average molecular weight is 319 g/mol. The van der Waals surface area contributed by atoms with E-state index >= 15 is 0 Å². The summed E-state index contributed by atoms with van der Waals surface area (Å²) in [6.45, 7) is 2.22. The van der Waals surface area contributed by atoms with Crippen LogP contribution in [0.2, 0.25) is 0 Å². The van der Waals surface area contributed by atoms with Crippen molar-refractivity contribution in [3.05, 3.63) is 42.0 Å². The number of rotatable bonds is 2. The van der Waals surface area contributed by atoms with Crippen molar-refractivity contribution in [3.8, 4) is 0 Å². The first-order valence-corrected chi connectivity index (χ1v) is 4.54. The molecule has 2 rings (SSSR count). The molecule has 0 fully saturated rings. The molecule has 2 aromatic carbocycles. The Morgan fingerprint density at radius 2 is 1.80 bits per heavy atom. The Labute approximate surface area is 123 Å². The third-order valence-corrected chi connectivity index (χ3v) is 2.22. The van der Waals surface area contributed by atoms with Crippen LogP contribution in [-0.4, -0.2) is 0 Å². The average Bonchev–Trinajstić information content (AvgIpc) is 2.47. The molecule has 0 heterocycles. The van der Waals surface area contributed by atoms with Crippen LogP contribution in [0.1, 0.15) is 18.9 Å². The standard InChI is InChI=1S/C12H13.2ClH.Zr/c1-2-5-10-8-11-6-3-4-7-12(11)9-10;;;/h3-4,6-9H,2,5H2,1H3;2*1H;/q-1;;;+3/p-2. The van der Waals surface area contributed by atoms with Gasteiger partial charge in [-0.3, -0.25) is 0 Å². The molecule has 79 valence electrons. The van der Waals surface area contributed by atoms with Gasteiger partial charge in [0.1, 0.15) is 0 Å². The van der Waals surface area contributed by atoms with Gasteiger partial charge in [0.15, 0.2) is 0 Å². The number of hydrogen-bond donors (Lipinski definition) is 0. The summed E-state index contributed by atoms with van der Waals surface area (Å²) in [5.41, 5.74) is 1.47. The molecule has 0 aliphatic heterocycles. The summed E-state index contributed by atoms with van der Waals surface area (Å²) in [7, 11) is 0. The molecule has 3 heteroatoms. The van der Waals surface area contributed by atoms with Gasteiger partial charge >= 0.3 is 26.2 Å². The van der Waals surface area contributed by atoms with Crippen LogP contribution in [0.4, 0.5) is 0 Å². The van der Waals surface area contributed by atoms with Crippen LogP contribution in [0, 0.1) is 0 Å². The van der Waals surface area contributed by atoms with Crippen LogP contribution < -0.4 is 24.8 Å². The summed E-state index contributed by atoms with van der Waals surface area (Å²) in [6.07, 6.45) is 2.44. The summed E-state index contributed by atoms with van der Waals surface area (Å²) in [6, 6.07) is 13.1. The van der Waals surface area contributed by atoms with Crippen molar-refractivity contribution < 1.29 is 51.0 Å². The maximum atomic E-state index is 2.29. The van der Waals surface area contributed by atoms with Crippen molar-refractivity contribution in [2.24, 2.45) is 0 Å². The van der Waals surface area contributed by atoms with Crippen molar-refractivity contribution in [2.75, 3.05) is 0 Å². The molecule has 1 radical (unpaired) electrons. The zero-order valence-corrected chi connectivity index (χ0v) is 12.6. The fourth-order valence-electron chi connectivity index (χ4n) is 1.65. The minimum Gasteiger partial charge on any atom is -1.00 e. The zero-order chi connectivity index (χ0) is 8.39. The first-order chi connectivity index (χ1) is 5.90. The molecule has 0 saturated carbocycles. The number of aryl methyl sites for hydroxylation is 1. The van der Waals surface area contributed by atoms with Gasteiger partial charge in [0.25, 0.3) is 0 Å². The van der Waals surface area contributed by atoms with E-state index in [0.29, 0.717) is 0 Å². The number of fused-ring (bicyclic) bond motifs is 1. The zero-order valence-electron chi connectivity index (χ0n) is 8.63. The Bertz CT molecular complexity index is 349. The van der Waals surface area contributed by atoms with Gasteiger partial charge in [0.05, 0.1) is 0 Å². The van der Waals surface area contributed by atoms with E-state index in [-0.39, 0.29) is 51.0 Å². The van der Waals surface area contributed by atoms with E-state index in [4.69, 9.17) is 0 Å². The minimum absolute atomic E-state index is 0. The third kappa shape index (κ3) is 4.35. The fourth-order valence-corrected chi connectivity index (χ4v) is 1.65. The summed E-state index contributed by atoms with van der Waals surface area (Å²) in [5.74, 6) is 0. The Kier molecular flexibility index (Phi) is 9.95.